The number of hydrogen-bond donors (Lipinski definition) is 1. The lowest BCUT2D eigenvalue weighted by Gasteiger charge is -2.17. The molecule has 1 N–H and O–H groups in total. The molecule has 0 radical (unpaired) electrons. The molecule has 1 aromatic carbocycles. The van der Waals surface area contributed by atoms with Gasteiger partial charge in [0.05, 0.1) is 18.6 Å². The minimum absolute atomic E-state index is 0.00166. The highest BCUT2D eigenvalue weighted by Crippen LogP contribution is 2.27. The summed E-state index contributed by atoms with van der Waals surface area (Å²) in [4.78, 5) is 20.8. The van der Waals surface area contributed by atoms with Crippen molar-refractivity contribution in [1.29, 1.82) is 0 Å². The summed E-state index contributed by atoms with van der Waals surface area (Å²) in [6.45, 7) is 3.10. The average Bonchev–Trinajstić information content (AvgIpc) is 2.86. The van der Waals surface area contributed by atoms with Crippen molar-refractivity contribution in [2.75, 3.05) is 19.8 Å². The predicted molar refractivity (Wildman–Crippen MR) is 124 cm³/mol. The van der Waals surface area contributed by atoms with E-state index in [0.29, 0.717) is 36.6 Å². The molecule has 188 valence electrons. The second-order valence-corrected chi connectivity index (χ2v) is 7.98. The third-order valence-electron chi connectivity index (χ3n) is 5.18. The van der Waals surface area contributed by atoms with Gasteiger partial charge in [0.15, 0.2) is 6.61 Å². The Balaban J connectivity index is 1.49. The second kappa shape index (κ2) is 12.8. The molecule has 0 saturated heterocycles. The lowest BCUT2D eigenvalue weighted by Crippen LogP contribution is -2.33. The van der Waals surface area contributed by atoms with E-state index in [4.69, 9.17) is 14.3 Å². The van der Waals surface area contributed by atoms with Crippen LogP contribution in [0.25, 0.3) is 0 Å². The van der Waals surface area contributed by atoms with Gasteiger partial charge in [-0.15, -0.1) is 0 Å². The highest BCUT2D eigenvalue weighted by molar-refractivity contribution is 6.00. The van der Waals surface area contributed by atoms with Crippen molar-refractivity contribution >= 4 is 11.6 Å². The molecular formula is C25H28F3N3O4. The minimum atomic E-state index is -4.48. The highest BCUT2D eigenvalue weighted by atomic mass is 19.4. The van der Waals surface area contributed by atoms with Crippen LogP contribution in [0.3, 0.4) is 0 Å². The smallest absolute Gasteiger partial charge is 0.433 e. The number of carbonyl (C=O) groups is 1. The first-order chi connectivity index (χ1) is 16.8. The number of ether oxygens (including phenoxy) is 2. The number of amides is 1. The van der Waals surface area contributed by atoms with E-state index >= 15 is 0 Å². The van der Waals surface area contributed by atoms with Crippen LogP contribution in [0.5, 0.6) is 5.75 Å². The van der Waals surface area contributed by atoms with Gasteiger partial charge in [0.2, 0.25) is 0 Å². The van der Waals surface area contributed by atoms with Crippen molar-refractivity contribution in [3.05, 3.63) is 71.8 Å². The molecular weight excluding hydrogens is 463 g/mol. The van der Waals surface area contributed by atoms with E-state index < -0.39 is 11.9 Å². The Labute approximate surface area is 202 Å². The van der Waals surface area contributed by atoms with Crippen LogP contribution in [0.4, 0.5) is 13.2 Å². The Morgan fingerprint density at radius 1 is 1.23 bits per heavy atom. The van der Waals surface area contributed by atoms with Crippen LogP contribution >= 0.6 is 0 Å². The molecule has 0 aliphatic carbocycles. The number of rotatable bonds is 11. The van der Waals surface area contributed by atoms with Crippen LogP contribution < -0.4 is 10.1 Å². The van der Waals surface area contributed by atoms with E-state index in [9.17, 15) is 18.0 Å². The van der Waals surface area contributed by atoms with Crippen LogP contribution in [-0.2, 0) is 27.2 Å². The summed E-state index contributed by atoms with van der Waals surface area (Å²) >= 11 is 0. The number of oxime groups is 1. The lowest BCUT2D eigenvalue weighted by molar-refractivity contribution is -0.141. The Kier molecular flexibility index (Phi) is 9.51. The zero-order valence-corrected chi connectivity index (χ0v) is 19.4. The number of pyridine rings is 1. The number of carbonyl (C=O) groups excluding carboxylic acids is 1. The molecule has 0 saturated carbocycles. The van der Waals surface area contributed by atoms with Gasteiger partial charge in [-0.1, -0.05) is 24.6 Å². The summed E-state index contributed by atoms with van der Waals surface area (Å²) in [6.07, 6.45) is 2.58. The first-order valence-electron chi connectivity index (χ1n) is 11.3. The van der Waals surface area contributed by atoms with Gasteiger partial charge in [-0.2, -0.15) is 13.2 Å². The monoisotopic (exact) mass is 491 g/mol. The number of benzene rings is 1. The summed E-state index contributed by atoms with van der Waals surface area (Å²) in [5, 5.41) is 7.02. The van der Waals surface area contributed by atoms with Gasteiger partial charge in [0, 0.05) is 24.2 Å². The summed E-state index contributed by atoms with van der Waals surface area (Å²) < 4.78 is 48.6. The van der Waals surface area contributed by atoms with Gasteiger partial charge in [-0.05, 0) is 54.8 Å². The third-order valence-corrected chi connectivity index (χ3v) is 5.18. The predicted octanol–water partition coefficient (Wildman–Crippen LogP) is 4.87. The molecule has 0 bridgehead atoms. The van der Waals surface area contributed by atoms with Crippen molar-refractivity contribution in [3.63, 3.8) is 0 Å². The van der Waals surface area contributed by atoms with Crippen LogP contribution in [0.15, 0.2) is 60.1 Å². The first-order valence-corrected chi connectivity index (χ1v) is 11.3. The maximum Gasteiger partial charge on any atom is 0.433 e. The van der Waals surface area contributed by atoms with E-state index in [-0.39, 0.29) is 25.0 Å². The molecule has 35 heavy (non-hydrogen) atoms. The molecule has 1 unspecified atom stereocenters. The fourth-order valence-corrected chi connectivity index (χ4v) is 3.25. The van der Waals surface area contributed by atoms with E-state index in [1.807, 2.05) is 25.1 Å². The number of hydrogen-bond acceptors (Lipinski definition) is 6. The first kappa shape index (κ1) is 26.1. The number of alkyl halides is 3. The average molecular weight is 492 g/mol. The molecule has 3 rings (SSSR count). The van der Waals surface area contributed by atoms with Gasteiger partial charge < -0.3 is 19.6 Å². The Bertz CT molecular complexity index is 1010. The van der Waals surface area contributed by atoms with Crippen LogP contribution in [0, 0.1) is 5.92 Å². The molecule has 0 spiro atoms. The van der Waals surface area contributed by atoms with E-state index in [1.165, 1.54) is 6.07 Å². The normalized spacial score (nSPS) is 15.9. The number of nitrogens with one attached hydrogen (secondary N) is 1. The third kappa shape index (κ3) is 8.62. The maximum atomic E-state index is 12.6. The summed E-state index contributed by atoms with van der Waals surface area (Å²) in [6, 6.07) is 9.35. The van der Waals surface area contributed by atoms with Gasteiger partial charge in [-0.25, -0.2) is 0 Å². The van der Waals surface area contributed by atoms with Gasteiger partial charge in [0.1, 0.15) is 18.1 Å². The van der Waals surface area contributed by atoms with E-state index in [0.717, 1.165) is 30.7 Å². The Morgan fingerprint density at radius 2 is 2.03 bits per heavy atom. The zero-order valence-electron chi connectivity index (χ0n) is 19.4. The molecule has 1 aliphatic rings. The van der Waals surface area contributed by atoms with Crippen molar-refractivity contribution in [2.24, 2.45) is 11.1 Å². The Hall–Kier alpha value is -3.56. The molecule has 2 aromatic rings. The number of halogens is 3. The molecule has 1 amide bonds. The second-order valence-electron chi connectivity index (χ2n) is 7.98. The van der Waals surface area contributed by atoms with Gasteiger partial charge in [0.25, 0.3) is 5.91 Å². The number of aromatic nitrogens is 1. The molecule has 7 nitrogen and oxygen atoms in total. The quantitative estimate of drug-likeness (QED) is 0.358. The molecule has 0 fully saturated rings. The zero-order chi connectivity index (χ0) is 25.1. The standard InChI is InChI=1S/C25H28F3N3O4/c1-2-3-22(31-35-16-19-4-9-23(29-15-19)25(26,27)28)20-5-7-21(8-6-20)34-17-24(32)30-14-18-10-12-33-13-11-18/h4-10,12,15,18H,2-3,11,13-14,16-17H2,1H3,(H,30,32). The SMILES string of the molecule is CCCC(=NOCc1ccc(C(F)(F)F)nc1)c1ccc(OCC(=O)NCC2C=COCC2)cc1. The summed E-state index contributed by atoms with van der Waals surface area (Å²) in [7, 11) is 0. The van der Waals surface area contributed by atoms with Crippen molar-refractivity contribution in [1.82, 2.24) is 10.3 Å². The molecule has 1 aliphatic heterocycles. The van der Waals surface area contributed by atoms with E-state index in [2.05, 4.69) is 15.5 Å². The maximum absolute atomic E-state index is 12.6. The molecule has 1 aromatic heterocycles. The summed E-state index contributed by atoms with van der Waals surface area (Å²) in [5.41, 5.74) is 1.04. The topological polar surface area (TPSA) is 82.0 Å². The van der Waals surface area contributed by atoms with Crippen LogP contribution in [0.2, 0.25) is 0 Å². The largest absolute Gasteiger partial charge is 0.501 e. The number of nitrogens with zero attached hydrogens (tertiary/aromatic N) is 2. The van der Waals surface area contributed by atoms with Crippen molar-refractivity contribution in [2.45, 2.75) is 39.0 Å². The fourth-order valence-electron chi connectivity index (χ4n) is 3.25. The Morgan fingerprint density at radius 3 is 2.66 bits per heavy atom. The summed E-state index contributed by atoms with van der Waals surface area (Å²) in [5.74, 6) is 0.608. The molecule has 1 atom stereocenters. The van der Waals surface area contributed by atoms with Crippen molar-refractivity contribution in [3.8, 4) is 5.75 Å². The van der Waals surface area contributed by atoms with Crippen molar-refractivity contribution < 1.29 is 32.3 Å². The molecule has 2 heterocycles. The van der Waals surface area contributed by atoms with Crippen LogP contribution in [0.1, 0.15) is 43.0 Å². The van der Waals surface area contributed by atoms with Crippen LogP contribution in [-0.4, -0.2) is 36.4 Å². The highest BCUT2D eigenvalue weighted by Gasteiger charge is 2.32. The fraction of sp³-hybridized carbons (Fsp3) is 0.400. The van der Waals surface area contributed by atoms with Gasteiger partial charge in [-0.3, -0.25) is 9.78 Å². The minimum Gasteiger partial charge on any atom is -0.501 e. The lowest BCUT2D eigenvalue weighted by atomic mass is 10.1. The van der Waals surface area contributed by atoms with Gasteiger partial charge >= 0.3 is 6.18 Å². The molecule has 10 heteroatoms. The van der Waals surface area contributed by atoms with E-state index in [1.54, 1.807) is 18.4 Å².